The monoisotopic (exact) mass is 217 g/mol. The number of aliphatic hydroxyl groups is 1. The van der Waals surface area contributed by atoms with Crippen LogP contribution in [0.2, 0.25) is 0 Å². The first-order chi connectivity index (χ1) is 6.34. The van der Waals surface area contributed by atoms with Crippen molar-refractivity contribution < 1.29 is 10.2 Å². The van der Waals surface area contributed by atoms with Gasteiger partial charge in [-0.2, -0.15) is 0 Å². The van der Waals surface area contributed by atoms with Crippen LogP contribution in [0, 0.1) is 0 Å². The summed E-state index contributed by atoms with van der Waals surface area (Å²) in [4.78, 5) is 0. The predicted molar refractivity (Wildman–Crippen MR) is 59.0 cm³/mol. The zero-order chi connectivity index (χ0) is 9.52. The molecule has 0 saturated carbocycles. The summed E-state index contributed by atoms with van der Waals surface area (Å²) in [6, 6.07) is 7.29. The lowest BCUT2D eigenvalue weighted by Gasteiger charge is -2.04. The van der Waals surface area contributed by atoms with Crippen molar-refractivity contribution in [2.75, 3.05) is 19.7 Å². The molecular weight excluding hydrogens is 202 g/mol. The van der Waals surface area contributed by atoms with E-state index in [1.165, 1.54) is 0 Å². The van der Waals surface area contributed by atoms with E-state index in [4.69, 9.17) is 5.11 Å². The summed E-state index contributed by atoms with van der Waals surface area (Å²) in [6.45, 7) is 1.53. The average molecular weight is 218 g/mol. The number of aliphatic hydroxyl groups excluding tert-OH is 1. The quantitative estimate of drug-likeness (QED) is 0.644. The Morgan fingerprint density at radius 1 is 1.14 bits per heavy atom. The topological polar surface area (TPSA) is 52.5 Å². The second-order valence-electron chi connectivity index (χ2n) is 2.85. The highest BCUT2D eigenvalue weighted by atomic mass is 35.5. The maximum atomic E-state index is 9.39. The van der Waals surface area contributed by atoms with Crippen molar-refractivity contribution in [3.8, 4) is 5.75 Å². The molecule has 0 aromatic heterocycles. The Balaban J connectivity index is 0.00000169. The molecule has 0 bridgehead atoms. The number of halogens is 1. The Morgan fingerprint density at radius 3 is 2.50 bits per heavy atom. The maximum absolute atomic E-state index is 9.39. The van der Waals surface area contributed by atoms with Crippen LogP contribution in [0.25, 0.3) is 0 Å². The molecule has 0 saturated heterocycles. The average Bonchev–Trinajstić information content (AvgIpc) is 2.15. The standard InChI is InChI=1S/C10H15NO2.ClH/c12-8-7-11-6-5-9-3-1-2-4-10(9)13;/h1-4,11-13H,5-8H2;1H. The largest absolute Gasteiger partial charge is 0.508 e. The van der Waals surface area contributed by atoms with Gasteiger partial charge in [-0.15, -0.1) is 12.4 Å². The third kappa shape index (κ3) is 4.46. The van der Waals surface area contributed by atoms with Gasteiger partial charge in [0.1, 0.15) is 5.75 Å². The molecule has 1 aromatic carbocycles. The first kappa shape index (κ1) is 13.2. The van der Waals surface area contributed by atoms with Crippen LogP contribution in [0.5, 0.6) is 5.75 Å². The Hall–Kier alpha value is -0.770. The van der Waals surface area contributed by atoms with E-state index in [-0.39, 0.29) is 19.0 Å². The number of aromatic hydroxyl groups is 1. The van der Waals surface area contributed by atoms with Gasteiger partial charge >= 0.3 is 0 Å². The van der Waals surface area contributed by atoms with Crippen LogP contribution >= 0.6 is 12.4 Å². The summed E-state index contributed by atoms with van der Waals surface area (Å²) in [5.41, 5.74) is 0.938. The molecule has 3 nitrogen and oxygen atoms in total. The molecule has 0 unspecified atom stereocenters. The van der Waals surface area contributed by atoms with Gasteiger partial charge in [0.2, 0.25) is 0 Å². The first-order valence-corrected chi connectivity index (χ1v) is 4.43. The maximum Gasteiger partial charge on any atom is 0.118 e. The molecule has 14 heavy (non-hydrogen) atoms. The summed E-state index contributed by atoms with van der Waals surface area (Å²) in [7, 11) is 0. The number of phenols is 1. The van der Waals surface area contributed by atoms with Gasteiger partial charge in [0.15, 0.2) is 0 Å². The predicted octanol–water partition coefficient (Wildman–Crippen LogP) is 0.938. The van der Waals surface area contributed by atoms with Crippen LogP contribution in [0.4, 0.5) is 0 Å². The normalized spacial score (nSPS) is 9.50. The summed E-state index contributed by atoms with van der Waals surface area (Å²) in [6.07, 6.45) is 0.784. The lowest BCUT2D eigenvalue weighted by Crippen LogP contribution is -2.20. The summed E-state index contributed by atoms with van der Waals surface area (Å²) in [5, 5.41) is 20.9. The zero-order valence-electron chi connectivity index (χ0n) is 7.94. The molecule has 3 N–H and O–H groups in total. The number of hydrogen-bond acceptors (Lipinski definition) is 3. The Labute approximate surface area is 90.2 Å². The minimum absolute atomic E-state index is 0. The minimum Gasteiger partial charge on any atom is -0.508 e. The summed E-state index contributed by atoms with van der Waals surface area (Å²) >= 11 is 0. The van der Waals surface area contributed by atoms with Gasteiger partial charge in [0.25, 0.3) is 0 Å². The van der Waals surface area contributed by atoms with E-state index in [9.17, 15) is 5.11 Å². The van der Waals surface area contributed by atoms with Gasteiger partial charge in [0.05, 0.1) is 6.61 Å². The number of phenolic OH excluding ortho intramolecular Hbond substituents is 1. The number of hydrogen-bond donors (Lipinski definition) is 3. The van der Waals surface area contributed by atoms with Crippen molar-refractivity contribution in [1.82, 2.24) is 5.32 Å². The lowest BCUT2D eigenvalue weighted by molar-refractivity contribution is 0.292. The molecule has 0 atom stereocenters. The molecule has 0 heterocycles. The van der Waals surface area contributed by atoms with E-state index in [1.807, 2.05) is 12.1 Å². The van der Waals surface area contributed by atoms with Crippen molar-refractivity contribution in [2.45, 2.75) is 6.42 Å². The highest BCUT2D eigenvalue weighted by Crippen LogP contribution is 2.15. The first-order valence-electron chi connectivity index (χ1n) is 4.43. The second kappa shape index (κ2) is 7.62. The third-order valence-electron chi connectivity index (χ3n) is 1.85. The van der Waals surface area contributed by atoms with Gasteiger partial charge in [-0.05, 0) is 24.6 Å². The molecule has 4 heteroatoms. The molecule has 0 spiro atoms. The Bertz CT molecular complexity index is 256. The van der Waals surface area contributed by atoms with Crippen molar-refractivity contribution in [1.29, 1.82) is 0 Å². The van der Waals surface area contributed by atoms with Crippen LogP contribution in [0.1, 0.15) is 5.56 Å². The van der Waals surface area contributed by atoms with E-state index in [1.54, 1.807) is 12.1 Å². The van der Waals surface area contributed by atoms with E-state index < -0.39 is 0 Å². The van der Waals surface area contributed by atoms with Crippen LogP contribution in [0.15, 0.2) is 24.3 Å². The fourth-order valence-corrected chi connectivity index (χ4v) is 1.15. The highest BCUT2D eigenvalue weighted by molar-refractivity contribution is 5.85. The fourth-order valence-electron chi connectivity index (χ4n) is 1.15. The molecule has 0 aliphatic heterocycles. The molecule has 0 aliphatic carbocycles. The van der Waals surface area contributed by atoms with Crippen molar-refractivity contribution in [3.63, 3.8) is 0 Å². The molecule has 0 aliphatic rings. The number of benzene rings is 1. The molecule has 80 valence electrons. The summed E-state index contributed by atoms with van der Waals surface area (Å²) in [5.74, 6) is 0.341. The van der Waals surface area contributed by atoms with Crippen LogP contribution < -0.4 is 5.32 Å². The third-order valence-corrected chi connectivity index (χ3v) is 1.85. The van der Waals surface area contributed by atoms with Gasteiger partial charge in [0, 0.05) is 6.54 Å². The molecule has 0 amide bonds. The van der Waals surface area contributed by atoms with E-state index in [0.29, 0.717) is 12.3 Å². The second-order valence-corrected chi connectivity index (χ2v) is 2.85. The lowest BCUT2D eigenvalue weighted by atomic mass is 10.1. The van der Waals surface area contributed by atoms with Crippen LogP contribution in [0.3, 0.4) is 0 Å². The van der Waals surface area contributed by atoms with Gasteiger partial charge in [-0.1, -0.05) is 18.2 Å². The van der Waals surface area contributed by atoms with Gasteiger partial charge in [-0.25, -0.2) is 0 Å². The Morgan fingerprint density at radius 2 is 1.86 bits per heavy atom. The van der Waals surface area contributed by atoms with Crippen molar-refractivity contribution in [3.05, 3.63) is 29.8 Å². The zero-order valence-corrected chi connectivity index (χ0v) is 8.76. The SMILES string of the molecule is Cl.OCCNCCc1ccccc1O. The number of para-hydroxylation sites is 1. The number of nitrogens with one attached hydrogen (secondary N) is 1. The molecular formula is C10H16ClNO2. The van der Waals surface area contributed by atoms with E-state index in [0.717, 1.165) is 18.5 Å². The summed E-state index contributed by atoms with van der Waals surface area (Å²) < 4.78 is 0. The van der Waals surface area contributed by atoms with Crippen molar-refractivity contribution in [2.24, 2.45) is 0 Å². The minimum atomic E-state index is 0. The Kier molecular flexibility index (Phi) is 7.20. The van der Waals surface area contributed by atoms with Crippen LogP contribution in [-0.4, -0.2) is 29.9 Å². The molecule has 0 radical (unpaired) electrons. The van der Waals surface area contributed by atoms with E-state index in [2.05, 4.69) is 5.32 Å². The number of rotatable bonds is 5. The van der Waals surface area contributed by atoms with Crippen LogP contribution in [-0.2, 0) is 6.42 Å². The molecule has 1 rings (SSSR count). The van der Waals surface area contributed by atoms with Crippen molar-refractivity contribution >= 4 is 12.4 Å². The van der Waals surface area contributed by atoms with E-state index >= 15 is 0 Å². The van der Waals surface area contributed by atoms with Gasteiger partial charge < -0.3 is 15.5 Å². The molecule has 0 fully saturated rings. The van der Waals surface area contributed by atoms with Gasteiger partial charge in [-0.3, -0.25) is 0 Å². The smallest absolute Gasteiger partial charge is 0.118 e. The highest BCUT2D eigenvalue weighted by Gasteiger charge is 1.97. The fraction of sp³-hybridized carbons (Fsp3) is 0.400. The molecule has 1 aromatic rings.